The molecule has 4 unspecified atom stereocenters. The zero-order valence-corrected chi connectivity index (χ0v) is 31.1. The molecule has 0 bridgehead atoms. The quantitative estimate of drug-likeness (QED) is 0.0686. The first-order valence-corrected chi connectivity index (χ1v) is 18.3. The third kappa shape index (κ3) is 13.6. The molecule has 290 valence electrons. The molecule has 16 heteroatoms. The van der Waals surface area contributed by atoms with E-state index in [-0.39, 0.29) is 39.3 Å². The monoisotopic (exact) mass is 768 g/mol. The fourth-order valence-electron chi connectivity index (χ4n) is 5.57. The average molecular weight is 769 g/mol. The lowest BCUT2D eigenvalue weighted by Crippen LogP contribution is -2.65. The molecule has 0 spiro atoms. The average Bonchev–Trinajstić information content (AvgIpc) is 3.16. The summed E-state index contributed by atoms with van der Waals surface area (Å²) in [5.41, 5.74) is 2.22. The molecule has 0 aromatic heterocycles. The Balaban J connectivity index is 1.78. The zero-order valence-electron chi connectivity index (χ0n) is 30.3. The van der Waals surface area contributed by atoms with Crippen LogP contribution in [0.3, 0.4) is 0 Å². The fourth-order valence-corrected chi connectivity index (χ4v) is 6.69. The molecule has 0 radical (unpaired) electrons. The van der Waals surface area contributed by atoms with Crippen molar-refractivity contribution in [2.24, 2.45) is 0 Å². The molecule has 3 aromatic rings. The molecule has 1 fully saturated rings. The molecule has 1 heterocycles. The summed E-state index contributed by atoms with van der Waals surface area (Å²) in [4.78, 5) is 63.3. The molecule has 4 rings (SSSR count). The molecule has 54 heavy (non-hydrogen) atoms. The highest BCUT2D eigenvalue weighted by molar-refractivity contribution is 7.41. The van der Waals surface area contributed by atoms with Crippen molar-refractivity contribution in [2.45, 2.75) is 76.7 Å². The molecule has 1 amide bonds. The second kappa shape index (κ2) is 21.8. The maximum atomic E-state index is 14.5. The van der Waals surface area contributed by atoms with Crippen molar-refractivity contribution in [1.29, 1.82) is 0 Å². The maximum Gasteiger partial charge on any atom is 0.367 e. The van der Waals surface area contributed by atoms with E-state index in [0.29, 0.717) is 5.56 Å². The molecular weight excluding hydrogens is 723 g/mol. The number of hydrogen-bond acceptors (Lipinski definition) is 14. The Morgan fingerprint density at radius 2 is 1.41 bits per heavy atom. The molecule has 0 saturated carbocycles. The Morgan fingerprint density at radius 3 is 1.91 bits per heavy atom. The van der Waals surface area contributed by atoms with Crippen molar-refractivity contribution in [3.05, 3.63) is 108 Å². The van der Waals surface area contributed by atoms with Crippen LogP contribution in [-0.2, 0) is 81.0 Å². The van der Waals surface area contributed by atoms with Crippen molar-refractivity contribution in [3.63, 3.8) is 0 Å². The van der Waals surface area contributed by atoms with Gasteiger partial charge in [0.25, 0.3) is 12.3 Å². The largest absolute Gasteiger partial charge is 0.464 e. The molecule has 5 atom stereocenters. The number of ether oxygens (including phenoxy) is 5. The van der Waals surface area contributed by atoms with E-state index in [2.05, 4.69) is 10.6 Å². The van der Waals surface area contributed by atoms with E-state index < -0.39 is 75.6 Å². The molecule has 15 nitrogen and oxygen atoms in total. The highest BCUT2D eigenvalue weighted by atomic mass is 31.2. The summed E-state index contributed by atoms with van der Waals surface area (Å²) in [7, 11) is -0.866. The van der Waals surface area contributed by atoms with Crippen LogP contribution in [0.4, 0.5) is 0 Å². The molecule has 1 aliphatic rings. The van der Waals surface area contributed by atoms with Gasteiger partial charge >= 0.3 is 26.5 Å². The minimum atomic E-state index is -2.44. The first kappa shape index (κ1) is 42.0. The van der Waals surface area contributed by atoms with Crippen molar-refractivity contribution in [1.82, 2.24) is 10.6 Å². The predicted octanol–water partition coefficient (Wildman–Crippen LogP) is 4.02. The van der Waals surface area contributed by atoms with Gasteiger partial charge in [-0.25, -0.2) is 4.79 Å². The highest BCUT2D eigenvalue weighted by Crippen LogP contribution is 2.50. The van der Waals surface area contributed by atoms with Gasteiger partial charge in [-0.05, 0) is 23.7 Å². The Hall–Kier alpha value is -4.76. The van der Waals surface area contributed by atoms with Crippen molar-refractivity contribution in [3.8, 4) is 0 Å². The third-order valence-corrected chi connectivity index (χ3v) is 9.00. The molecule has 0 aliphatic carbocycles. The van der Waals surface area contributed by atoms with Crippen LogP contribution in [0.25, 0.3) is 0 Å². The molecule has 3 aromatic carbocycles. The summed E-state index contributed by atoms with van der Waals surface area (Å²) >= 11 is 0. The SMILES string of the molecule is CNCC(=O)NC1C(CC(COC=O)OC(C)=O)OC(OP(OCc2ccccc2)OCc2ccccc2)(C(=O)OCc2ccccc2)C[C@H]1OC(C)=O. The first-order valence-electron chi connectivity index (χ1n) is 17.2. The maximum absolute atomic E-state index is 14.5. The van der Waals surface area contributed by atoms with E-state index in [0.717, 1.165) is 11.1 Å². The van der Waals surface area contributed by atoms with Crippen molar-refractivity contribution in [2.75, 3.05) is 20.2 Å². The Labute approximate surface area is 314 Å². The molecular formula is C38H45N2O13P. The highest BCUT2D eigenvalue weighted by Gasteiger charge is 2.58. The van der Waals surface area contributed by atoms with Gasteiger partial charge in [0.2, 0.25) is 5.91 Å². The van der Waals surface area contributed by atoms with Crippen LogP contribution in [0.2, 0.25) is 0 Å². The van der Waals surface area contributed by atoms with Crippen LogP contribution >= 0.6 is 8.60 Å². The minimum Gasteiger partial charge on any atom is -0.464 e. The standard InChI is InChI=1S/C38H45N2O13P/c1-27(42)50-32(25-46-26-41)19-33-36(40-35(44)21-39-3)34(51-28(2)43)20-38(52-33,37(45)47-22-29-13-7-4-8-14-29)53-54(48-23-30-15-9-5-10-16-30)49-24-31-17-11-6-12-18-31/h4-18,26,32-34,36,39H,19-25H2,1-3H3,(H,40,44)/t32?,33?,34-,36?,38?/m1/s1. The van der Waals surface area contributed by atoms with Crippen molar-refractivity contribution >= 4 is 38.9 Å². The van der Waals surface area contributed by atoms with Gasteiger partial charge in [0.15, 0.2) is 0 Å². The summed E-state index contributed by atoms with van der Waals surface area (Å²) < 4.78 is 47.3. The number of nitrogens with one attached hydrogen (secondary N) is 2. The van der Waals surface area contributed by atoms with Gasteiger partial charge in [-0.15, -0.1) is 0 Å². The van der Waals surface area contributed by atoms with Gasteiger partial charge in [-0.2, -0.15) is 0 Å². The van der Waals surface area contributed by atoms with E-state index in [1.165, 1.54) is 13.8 Å². The lowest BCUT2D eigenvalue weighted by Gasteiger charge is -2.47. The summed E-state index contributed by atoms with van der Waals surface area (Å²) in [6, 6.07) is 26.2. The second-order valence-electron chi connectivity index (χ2n) is 12.2. The normalized spacial score (nSPS) is 20.0. The molecule has 1 aliphatic heterocycles. The number of rotatable bonds is 21. The fraction of sp³-hybridized carbons (Fsp3) is 0.395. The van der Waals surface area contributed by atoms with Crippen LogP contribution < -0.4 is 10.6 Å². The van der Waals surface area contributed by atoms with Gasteiger partial charge in [-0.1, -0.05) is 91.0 Å². The van der Waals surface area contributed by atoms with Gasteiger partial charge < -0.3 is 43.4 Å². The Kier molecular flexibility index (Phi) is 17.0. The van der Waals surface area contributed by atoms with Crippen molar-refractivity contribution < 1.29 is 61.2 Å². The van der Waals surface area contributed by atoms with Gasteiger partial charge in [-0.3, -0.25) is 23.7 Å². The summed E-state index contributed by atoms with van der Waals surface area (Å²) in [5, 5.41) is 5.55. The van der Waals surface area contributed by atoms with Gasteiger partial charge in [0.1, 0.15) is 25.4 Å². The Bertz CT molecular complexity index is 1590. The van der Waals surface area contributed by atoms with E-state index in [1.807, 2.05) is 66.7 Å². The minimum absolute atomic E-state index is 0.0214. The van der Waals surface area contributed by atoms with Crippen LogP contribution in [-0.4, -0.2) is 80.6 Å². The summed E-state index contributed by atoms with van der Waals surface area (Å²) in [6.07, 6.45) is -4.42. The number of amides is 1. The number of esters is 3. The van der Waals surface area contributed by atoms with E-state index in [1.54, 1.807) is 31.3 Å². The number of carbonyl (C=O) groups is 5. The molecule has 2 N–H and O–H groups in total. The van der Waals surface area contributed by atoms with E-state index in [4.69, 9.17) is 37.3 Å². The van der Waals surface area contributed by atoms with Crippen LogP contribution in [0.1, 0.15) is 43.4 Å². The third-order valence-electron chi connectivity index (χ3n) is 7.88. The second-order valence-corrected chi connectivity index (χ2v) is 13.3. The molecule has 1 saturated heterocycles. The van der Waals surface area contributed by atoms with Crippen LogP contribution in [0.5, 0.6) is 0 Å². The number of carbonyl (C=O) groups excluding carboxylic acids is 5. The smallest absolute Gasteiger partial charge is 0.367 e. The van der Waals surface area contributed by atoms with Gasteiger partial charge in [0.05, 0.1) is 38.3 Å². The van der Waals surface area contributed by atoms with Gasteiger partial charge in [0, 0.05) is 20.3 Å². The number of benzene rings is 3. The van der Waals surface area contributed by atoms with E-state index in [9.17, 15) is 24.0 Å². The lowest BCUT2D eigenvalue weighted by molar-refractivity contribution is -0.277. The Morgan fingerprint density at radius 1 is 0.852 bits per heavy atom. The number of likely N-dealkylation sites (N-methyl/N-ethyl adjacent to an activating group) is 1. The summed E-state index contributed by atoms with van der Waals surface area (Å²) in [5.74, 6) is -5.32. The summed E-state index contributed by atoms with van der Waals surface area (Å²) in [6.45, 7) is 1.87. The van der Waals surface area contributed by atoms with E-state index >= 15 is 0 Å². The lowest BCUT2D eigenvalue weighted by atomic mass is 9.89. The predicted molar refractivity (Wildman–Crippen MR) is 193 cm³/mol. The topological polar surface area (TPSA) is 183 Å². The van der Waals surface area contributed by atoms with Crippen LogP contribution in [0, 0.1) is 0 Å². The first-order chi connectivity index (χ1) is 26.1. The zero-order chi connectivity index (χ0) is 38.8. The van der Waals surface area contributed by atoms with Crippen LogP contribution in [0.15, 0.2) is 91.0 Å². The number of hydrogen-bond donors (Lipinski definition) is 2.